The second kappa shape index (κ2) is 8.90. The van der Waals surface area contributed by atoms with E-state index in [0.717, 1.165) is 0 Å². The van der Waals surface area contributed by atoms with Gasteiger partial charge in [-0.15, -0.1) is 0 Å². The molecule has 0 N–H and O–H groups in total. The summed E-state index contributed by atoms with van der Waals surface area (Å²) in [5.74, 6) is -0.00446. The third kappa shape index (κ3) is 4.12. The highest BCUT2D eigenvalue weighted by molar-refractivity contribution is 6.07. The van der Waals surface area contributed by atoms with E-state index in [1.807, 2.05) is 20.8 Å². The van der Waals surface area contributed by atoms with Gasteiger partial charge in [0.1, 0.15) is 5.54 Å². The molecule has 0 aliphatic carbocycles. The summed E-state index contributed by atoms with van der Waals surface area (Å²) in [6.45, 7) is 8.49. The summed E-state index contributed by atoms with van der Waals surface area (Å²) in [5, 5.41) is 0. The van der Waals surface area contributed by atoms with Crippen LogP contribution in [0.5, 0.6) is 0 Å². The number of hydrogen-bond acceptors (Lipinski definition) is 5. The van der Waals surface area contributed by atoms with Gasteiger partial charge in [0.25, 0.3) is 11.8 Å². The zero-order valence-corrected chi connectivity index (χ0v) is 17.5. The number of carbonyl (C=O) groups excluding carboxylic acids is 3. The van der Waals surface area contributed by atoms with Crippen LogP contribution in [0.25, 0.3) is 0 Å². The van der Waals surface area contributed by atoms with Crippen LogP contribution in [0.3, 0.4) is 0 Å². The van der Waals surface area contributed by atoms with E-state index in [0.29, 0.717) is 51.3 Å². The molecular formula is C21H30N4O4. The molecule has 0 atom stereocenters. The number of likely N-dealkylation sites (tertiary alicyclic amines) is 1. The third-order valence-electron chi connectivity index (χ3n) is 5.62. The first-order valence-electron chi connectivity index (χ1n) is 10.3. The number of urea groups is 1. The van der Waals surface area contributed by atoms with Gasteiger partial charge in [0.15, 0.2) is 0 Å². The number of piperidine rings is 1. The zero-order valence-electron chi connectivity index (χ0n) is 17.5. The summed E-state index contributed by atoms with van der Waals surface area (Å²) in [4.78, 5) is 47.9. The molecule has 0 aromatic carbocycles. The minimum absolute atomic E-state index is 0.0895. The first kappa shape index (κ1) is 21.2. The fourth-order valence-electron chi connectivity index (χ4n) is 4.13. The molecule has 1 aromatic rings. The van der Waals surface area contributed by atoms with Crippen LogP contribution in [-0.4, -0.2) is 82.5 Å². The number of carbonyl (C=O) groups is 3. The molecule has 1 spiro atoms. The number of aromatic nitrogens is 1. The Kier molecular flexibility index (Phi) is 6.52. The highest BCUT2D eigenvalue weighted by Crippen LogP contribution is 2.38. The number of amides is 4. The number of pyridine rings is 1. The molecule has 3 heterocycles. The van der Waals surface area contributed by atoms with Gasteiger partial charge < -0.3 is 14.5 Å². The van der Waals surface area contributed by atoms with Crippen molar-refractivity contribution in [1.29, 1.82) is 0 Å². The molecule has 2 aliphatic rings. The molecule has 29 heavy (non-hydrogen) atoms. The minimum atomic E-state index is -0.862. The molecule has 158 valence electrons. The maximum absolute atomic E-state index is 13.3. The Hall–Kier alpha value is -2.48. The zero-order chi connectivity index (χ0) is 21.0. The van der Waals surface area contributed by atoms with Gasteiger partial charge in [-0.3, -0.25) is 19.5 Å². The molecule has 8 heteroatoms. The largest absolute Gasteiger partial charge is 0.380 e. The summed E-state index contributed by atoms with van der Waals surface area (Å²) in [7, 11) is 0. The first-order valence-corrected chi connectivity index (χ1v) is 10.3. The predicted octanol–water partition coefficient (Wildman–Crippen LogP) is 2.01. The Morgan fingerprint density at radius 3 is 2.59 bits per heavy atom. The summed E-state index contributed by atoms with van der Waals surface area (Å²) < 4.78 is 5.36. The number of imide groups is 1. The topological polar surface area (TPSA) is 83.1 Å². The first-order chi connectivity index (χ1) is 13.9. The maximum Gasteiger partial charge on any atom is 0.327 e. The van der Waals surface area contributed by atoms with Crippen LogP contribution >= 0.6 is 0 Å². The van der Waals surface area contributed by atoms with E-state index in [1.165, 1.54) is 4.90 Å². The van der Waals surface area contributed by atoms with Gasteiger partial charge in [0.2, 0.25) is 0 Å². The number of ether oxygens (including phenoxy) is 1. The standard InChI is InChI=1S/C21H30N4O4/c1-4-29-13-12-24-19(27)21(25(20(24)28)15-16(2)3)7-10-23(11-8-21)18(26)17-6-5-9-22-14-17/h5-6,9,14,16H,4,7-8,10-13,15H2,1-3H3. The van der Waals surface area contributed by atoms with Crippen molar-refractivity contribution in [2.45, 2.75) is 39.2 Å². The lowest BCUT2D eigenvalue weighted by molar-refractivity contribution is -0.136. The lowest BCUT2D eigenvalue weighted by Gasteiger charge is -2.42. The van der Waals surface area contributed by atoms with Crippen LogP contribution < -0.4 is 0 Å². The summed E-state index contributed by atoms with van der Waals surface area (Å²) >= 11 is 0. The summed E-state index contributed by atoms with van der Waals surface area (Å²) in [6.07, 6.45) is 4.08. The second-order valence-electron chi connectivity index (χ2n) is 8.01. The molecule has 3 rings (SSSR count). The van der Waals surface area contributed by atoms with Crippen molar-refractivity contribution in [3.05, 3.63) is 30.1 Å². The van der Waals surface area contributed by atoms with E-state index < -0.39 is 5.54 Å². The van der Waals surface area contributed by atoms with Crippen LogP contribution in [-0.2, 0) is 9.53 Å². The fourth-order valence-corrected chi connectivity index (χ4v) is 4.13. The average Bonchev–Trinajstić information content (AvgIpc) is 2.91. The lowest BCUT2D eigenvalue weighted by atomic mass is 9.85. The van der Waals surface area contributed by atoms with Crippen molar-refractivity contribution >= 4 is 17.8 Å². The van der Waals surface area contributed by atoms with Gasteiger partial charge in [0.05, 0.1) is 18.7 Å². The smallest absolute Gasteiger partial charge is 0.327 e. The average molecular weight is 402 g/mol. The normalized spacial score (nSPS) is 19.0. The molecule has 0 radical (unpaired) electrons. The fraction of sp³-hybridized carbons (Fsp3) is 0.619. The molecule has 2 saturated heterocycles. The number of hydrogen-bond donors (Lipinski definition) is 0. The molecule has 0 unspecified atom stereocenters. The van der Waals surface area contributed by atoms with Crippen LogP contribution in [0.15, 0.2) is 24.5 Å². The lowest BCUT2D eigenvalue weighted by Crippen LogP contribution is -2.58. The van der Waals surface area contributed by atoms with Crippen molar-refractivity contribution in [2.24, 2.45) is 5.92 Å². The quantitative estimate of drug-likeness (QED) is 0.515. The maximum atomic E-state index is 13.3. The van der Waals surface area contributed by atoms with Gasteiger partial charge in [-0.25, -0.2) is 4.79 Å². The van der Waals surface area contributed by atoms with E-state index >= 15 is 0 Å². The molecular weight excluding hydrogens is 372 g/mol. The highest BCUT2D eigenvalue weighted by Gasteiger charge is 2.58. The number of rotatable bonds is 7. The van der Waals surface area contributed by atoms with E-state index in [9.17, 15) is 14.4 Å². The second-order valence-corrected chi connectivity index (χ2v) is 8.01. The molecule has 8 nitrogen and oxygen atoms in total. The van der Waals surface area contributed by atoms with Gasteiger partial charge >= 0.3 is 6.03 Å². The van der Waals surface area contributed by atoms with Gasteiger partial charge in [-0.2, -0.15) is 0 Å². The van der Waals surface area contributed by atoms with E-state index in [1.54, 1.807) is 34.3 Å². The van der Waals surface area contributed by atoms with Crippen molar-refractivity contribution in [3.63, 3.8) is 0 Å². The molecule has 0 saturated carbocycles. The van der Waals surface area contributed by atoms with Crippen LogP contribution in [0, 0.1) is 5.92 Å². The number of nitrogens with zero attached hydrogens (tertiary/aromatic N) is 4. The molecule has 0 bridgehead atoms. The highest BCUT2D eigenvalue weighted by atomic mass is 16.5. The van der Waals surface area contributed by atoms with Crippen molar-refractivity contribution in [1.82, 2.24) is 19.7 Å². The Morgan fingerprint density at radius 1 is 1.28 bits per heavy atom. The third-order valence-corrected chi connectivity index (χ3v) is 5.62. The van der Waals surface area contributed by atoms with Crippen molar-refractivity contribution < 1.29 is 19.1 Å². The molecule has 2 aliphatic heterocycles. The predicted molar refractivity (Wildman–Crippen MR) is 107 cm³/mol. The van der Waals surface area contributed by atoms with Crippen LogP contribution in [0.1, 0.15) is 44.0 Å². The van der Waals surface area contributed by atoms with Crippen molar-refractivity contribution in [3.8, 4) is 0 Å². The Morgan fingerprint density at radius 2 is 2.00 bits per heavy atom. The molecule has 2 fully saturated rings. The molecule has 4 amide bonds. The Labute approximate surface area is 171 Å². The van der Waals surface area contributed by atoms with E-state index in [2.05, 4.69) is 4.98 Å². The van der Waals surface area contributed by atoms with Gasteiger partial charge in [-0.05, 0) is 37.8 Å². The van der Waals surface area contributed by atoms with E-state index in [-0.39, 0.29) is 30.3 Å². The monoisotopic (exact) mass is 402 g/mol. The summed E-state index contributed by atoms with van der Waals surface area (Å²) in [6, 6.07) is 3.23. The Balaban J connectivity index is 1.76. The van der Waals surface area contributed by atoms with E-state index in [4.69, 9.17) is 4.74 Å². The Bertz CT molecular complexity index is 744. The SMILES string of the molecule is CCOCCN1C(=O)N(CC(C)C)C2(CCN(C(=O)c3cccnc3)CC2)C1=O. The van der Waals surface area contributed by atoms with Crippen molar-refractivity contribution in [2.75, 3.05) is 39.4 Å². The van der Waals surface area contributed by atoms with Crippen LogP contribution in [0.4, 0.5) is 4.79 Å². The van der Waals surface area contributed by atoms with Crippen LogP contribution in [0.2, 0.25) is 0 Å². The molecule has 1 aromatic heterocycles. The minimum Gasteiger partial charge on any atom is -0.380 e. The summed E-state index contributed by atoms with van der Waals surface area (Å²) in [5.41, 5.74) is -0.325. The van der Waals surface area contributed by atoms with Gasteiger partial charge in [-0.1, -0.05) is 13.8 Å². The van der Waals surface area contributed by atoms with Gasteiger partial charge in [0, 0.05) is 38.6 Å².